The number of thioether (sulfide) groups is 1. The maximum atomic E-state index is 6.18. The fraction of sp³-hybridized carbons (Fsp3) is 0.333. The molecule has 0 aliphatic carbocycles. The number of ether oxygens (including phenoxy) is 2. The Morgan fingerprint density at radius 3 is 2.82 bits per heavy atom. The van der Waals surface area contributed by atoms with Crippen molar-refractivity contribution in [2.45, 2.75) is 37.1 Å². The number of anilines is 1. The van der Waals surface area contributed by atoms with Crippen LogP contribution < -0.4 is 20.7 Å². The van der Waals surface area contributed by atoms with Gasteiger partial charge in [0, 0.05) is 49.4 Å². The van der Waals surface area contributed by atoms with Crippen LogP contribution in [0.1, 0.15) is 30.7 Å². The Kier molecular flexibility index (Phi) is 8.21. The van der Waals surface area contributed by atoms with Gasteiger partial charge in [-0.1, -0.05) is 18.2 Å². The van der Waals surface area contributed by atoms with Crippen molar-refractivity contribution in [2.24, 2.45) is 5.73 Å². The van der Waals surface area contributed by atoms with Crippen LogP contribution in [0.25, 0.3) is 0 Å². The summed E-state index contributed by atoms with van der Waals surface area (Å²) in [6.07, 6.45) is 12.6. The van der Waals surface area contributed by atoms with Crippen LogP contribution in [-0.4, -0.2) is 37.5 Å². The molecule has 2 aromatic carbocycles. The molecule has 2 heterocycles. The van der Waals surface area contributed by atoms with Crippen molar-refractivity contribution in [1.82, 2.24) is 10.2 Å². The predicted octanol–water partition coefficient (Wildman–Crippen LogP) is 4.96. The minimum atomic E-state index is -0.230. The predicted molar refractivity (Wildman–Crippen MR) is 141 cm³/mol. The Hall–Kier alpha value is -2.87. The van der Waals surface area contributed by atoms with E-state index in [1.807, 2.05) is 12.4 Å². The zero-order valence-corrected chi connectivity index (χ0v) is 20.9. The molecule has 0 radical (unpaired) electrons. The molecule has 2 aliphatic heterocycles. The van der Waals surface area contributed by atoms with Gasteiger partial charge in [-0.25, -0.2) is 0 Å². The summed E-state index contributed by atoms with van der Waals surface area (Å²) < 4.78 is 12.0. The van der Waals surface area contributed by atoms with Crippen molar-refractivity contribution in [3.8, 4) is 5.75 Å². The molecule has 2 atom stereocenters. The average molecular weight is 479 g/mol. The molecule has 6 nitrogen and oxygen atoms in total. The van der Waals surface area contributed by atoms with Gasteiger partial charge in [0.05, 0.1) is 18.3 Å². The molecule has 0 aromatic heterocycles. The zero-order valence-electron chi connectivity index (χ0n) is 20.1. The number of hydrogen-bond acceptors (Lipinski definition) is 7. The van der Waals surface area contributed by atoms with E-state index >= 15 is 0 Å². The number of fused-ring (bicyclic) bond motifs is 1. The SMILES string of the molecule is COC(NCc1ccc(SC)cc1)c1ccc2c(c1)OCCCN2C1=CC=CN(/C=C\N)C1C. The molecule has 4 rings (SSSR count). The second kappa shape index (κ2) is 11.5. The van der Waals surface area contributed by atoms with Gasteiger partial charge in [0.1, 0.15) is 12.0 Å². The van der Waals surface area contributed by atoms with Gasteiger partial charge in [0.25, 0.3) is 0 Å². The molecule has 0 bridgehead atoms. The maximum Gasteiger partial charge on any atom is 0.143 e. The first-order valence-electron chi connectivity index (χ1n) is 11.6. The van der Waals surface area contributed by atoms with Crippen molar-refractivity contribution >= 4 is 17.4 Å². The van der Waals surface area contributed by atoms with E-state index in [1.54, 1.807) is 25.1 Å². The van der Waals surface area contributed by atoms with Crippen LogP contribution in [0.3, 0.4) is 0 Å². The van der Waals surface area contributed by atoms with Crippen LogP contribution in [-0.2, 0) is 11.3 Å². The van der Waals surface area contributed by atoms with Gasteiger partial charge in [-0.05, 0) is 67.1 Å². The van der Waals surface area contributed by atoms with Gasteiger partial charge in [0.15, 0.2) is 0 Å². The maximum absolute atomic E-state index is 6.18. The Bertz CT molecular complexity index is 1050. The van der Waals surface area contributed by atoms with Crippen LogP contribution in [0.15, 0.2) is 83.8 Å². The average Bonchev–Trinajstić information content (AvgIpc) is 3.08. The molecule has 2 aliphatic rings. The first-order chi connectivity index (χ1) is 16.6. The molecule has 7 heteroatoms. The summed E-state index contributed by atoms with van der Waals surface area (Å²) in [6, 6.07) is 15.1. The summed E-state index contributed by atoms with van der Waals surface area (Å²) in [5, 5.41) is 3.52. The quantitative estimate of drug-likeness (QED) is 0.411. The topological polar surface area (TPSA) is 63.0 Å². The van der Waals surface area contributed by atoms with Gasteiger partial charge >= 0.3 is 0 Å². The number of hydrogen-bond donors (Lipinski definition) is 2. The minimum absolute atomic E-state index is 0.168. The van der Waals surface area contributed by atoms with Crippen molar-refractivity contribution in [3.05, 3.63) is 90.0 Å². The lowest BCUT2D eigenvalue weighted by Gasteiger charge is -2.36. The molecular weight excluding hydrogens is 444 g/mol. The third-order valence-electron chi connectivity index (χ3n) is 6.22. The Balaban J connectivity index is 1.54. The first kappa shape index (κ1) is 24.3. The molecule has 0 saturated carbocycles. The molecule has 34 heavy (non-hydrogen) atoms. The summed E-state index contributed by atoms with van der Waals surface area (Å²) in [7, 11) is 1.73. The summed E-state index contributed by atoms with van der Waals surface area (Å²) in [4.78, 5) is 5.74. The van der Waals surface area contributed by atoms with Crippen LogP contribution in [0.2, 0.25) is 0 Å². The van der Waals surface area contributed by atoms with Crippen LogP contribution >= 0.6 is 11.8 Å². The fourth-order valence-corrected chi connectivity index (χ4v) is 4.78. The van der Waals surface area contributed by atoms with E-state index in [0.717, 1.165) is 36.5 Å². The van der Waals surface area contributed by atoms with Crippen LogP contribution in [0.4, 0.5) is 5.69 Å². The smallest absolute Gasteiger partial charge is 0.143 e. The lowest BCUT2D eigenvalue weighted by Crippen LogP contribution is -2.37. The highest BCUT2D eigenvalue weighted by atomic mass is 32.2. The first-order valence-corrected chi connectivity index (χ1v) is 12.8. The van der Waals surface area contributed by atoms with Gasteiger partial charge in [0.2, 0.25) is 0 Å². The largest absolute Gasteiger partial charge is 0.491 e. The minimum Gasteiger partial charge on any atom is -0.491 e. The number of nitrogens with one attached hydrogen (secondary N) is 1. The van der Waals surface area contributed by atoms with Gasteiger partial charge in [-0.3, -0.25) is 5.32 Å². The molecule has 0 fully saturated rings. The monoisotopic (exact) mass is 478 g/mol. The highest BCUT2D eigenvalue weighted by Crippen LogP contribution is 2.37. The second-order valence-electron chi connectivity index (χ2n) is 8.32. The van der Waals surface area contributed by atoms with Crippen molar-refractivity contribution in [1.29, 1.82) is 0 Å². The van der Waals surface area contributed by atoms with Crippen LogP contribution in [0.5, 0.6) is 5.75 Å². The van der Waals surface area contributed by atoms with Crippen molar-refractivity contribution < 1.29 is 9.47 Å². The third-order valence-corrected chi connectivity index (χ3v) is 6.96. The van der Waals surface area contributed by atoms with E-state index in [9.17, 15) is 0 Å². The molecule has 3 N–H and O–H groups in total. The molecule has 2 unspecified atom stereocenters. The molecule has 2 aromatic rings. The fourth-order valence-electron chi connectivity index (χ4n) is 4.37. The number of benzene rings is 2. The lowest BCUT2D eigenvalue weighted by atomic mass is 10.1. The van der Waals surface area contributed by atoms with Gasteiger partial charge in [-0.15, -0.1) is 11.8 Å². The summed E-state index contributed by atoms with van der Waals surface area (Å²) >= 11 is 1.75. The molecule has 0 saturated heterocycles. The van der Waals surface area contributed by atoms with E-state index in [1.165, 1.54) is 16.2 Å². The third kappa shape index (κ3) is 5.43. The van der Waals surface area contributed by atoms with E-state index in [0.29, 0.717) is 6.61 Å². The van der Waals surface area contributed by atoms with E-state index in [-0.39, 0.29) is 12.3 Å². The van der Waals surface area contributed by atoms with E-state index in [2.05, 4.69) is 82.9 Å². The van der Waals surface area contributed by atoms with Crippen LogP contribution in [0, 0.1) is 0 Å². The van der Waals surface area contributed by atoms with Gasteiger partial charge < -0.3 is 25.0 Å². The highest BCUT2D eigenvalue weighted by Gasteiger charge is 2.27. The number of rotatable bonds is 8. The normalized spacial score (nSPS) is 18.9. The van der Waals surface area contributed by atoms with Crippen molar-refractivity contribution in [3.63, 3.8) is 0 Å². The lowest BCUT2D eigenvalue weighted by molar-refractivity contribution is 0.0719. The Labute approximate surface area is 207 Å². The summed E-state index contributed by atoms with van der Waals surface area (Å²) in [5.41, 5.74) is 10.2. The summed E-state index contributed by atoms with van der Waals surface area (Å²) in [5.74, 6) is 0.881. The summed E-state index contributed by atoms with van der Waals surface area (Å²) in [6.45, 7) is 4.49. The highest BCUT2D eigenvalue weighted by molar-refractivity contribution is 7.98. The van der Waals surface area contributed by atoms with E-state index < -0.39 is 0 Å². The zero-order chi connectivity index (χ0) is 23.9. The number of nitrogens with zero attached hydrogens (tertiary/aromatic N) is 2. The molecule has 0 spiro atoms. The van der Waals surface area contributed by atoms with E-state index in [4.69, 9.17) is 15.2 Å². The molecule has 0 amide bonds. The Morgan fingerprint density at radius 2 is 2.09 bits per heavy atom. The van der Waals surface area contributed by atoms with Crippen molar-refractivity contribution in [2.75, 3.05) is 31.4 Å². The number of nitrogens with two attached hydrogens (primary N) is 1. The number of methoxy groups -OCH3 is 1. The molecular formula is C27H34N4O2S. The Morgan fingerprint density at radius 1 is 1.26 bits per heavy atom. The standard InChI is InChI=1S/C27H34N4O2S/c1-20-24(6-4-14-30(20)16-13-28)31-15-5-17-33-26-18-22(9-12-25(26)31)27(32-2)29-19-21-7-10-23(34-3)11-8-21/h4,6-14,16,18,20,27,29H,5,15,17,19,28H2,1-3H3/b16-13-. The van der Waals surface area contributed by atoms with Gasteiger partial charge in [-0.2, -0.15) is 0 Å². The second-order valence-corrected chi connectivity index (χ2v) is 9.20. The number of allylic oxidation sites excluding steroid dienone is 2. The molecule has 180 valence electrons.